The summed E-state index contributed by atoms with van der Waals surface area (Å²) in [7, 11) is 3.29. The van der Waals surface area contributed by atoms with Crippen LogP contribution in [0.2, 0.25) is 0 Å². The molecule has 1 rings (SSSR count). The molecule has 0 aliphatic heterocycles. The van der Waals surface area contributed by atoms with Crippen LogP contribution in [0, 0.1) is 0 Å². The third kappa shape index (κ3) is 3.14. The van der Waals surface area contributed by atoms with E-state index in [4.69, 9.17) is 9.47 Å². The van der Waals surface area contributed by atoms with E-state index in [1.807, 2.05) is 12.1 Å². The van der Waals surface area contributed by atoms with Crippen molar-refractivity contribution in [1.29, 1.82) is 0 Å². The number of alkyl halides is 1. The highest BCUT2D eigenvalue weighted by atomic mass is 79.9. The molecule has 1 atom stereocenters. The molecule has 16 heavy (non-hydrogen) atoms. The maximum Gasteiger partial charge on any atom is 0.161 e. The Bertz CT molecular complexity index is 353. The molecule has 1 aromatic rings. The molecule has 2 nitrogen and oxygen atoms in total. The van der Waals surface area contributed by atoms with Crippen molar-refractivity contribution in [3.05, 3.63) is 22.2 Å². The molecule has 0 aliphatic carbocycles. The molecule has 0 radical (unpaired) electrons. The summed E-state index contributed by atoms with van der Waals surface area (Å²) in [5.41, 5.74) is 1.19. The van der Waals surface area contributed by atoms with Crippen LogP contribution >= 0.6 is 31.9 Å². The van der Waals surface area contributed by atoms with Gasteiger partial charge in [0, 0.05) is 9.30 Å². The number of benzene rings is 1. The van der Waals surface area contributed by atoms with Gasteiger partial charge in [-0.15, -0.1) is 0 Å². The van der Waals surface area contributed by atoms with Crippen molar-refractivity contribution in [2.75, 3.05) is 14.2 Å². The summed E-state index contributed by atoms with van der Waals surface area (Å²) in [6.07, 6.45) is 2.23. The van der Waals surface area contributed by atoms with Crippen molar-refractivity contribution in [3.63, 3.8) is 0 Å². The van der Waals surface area contributed by atoms with Crippen molar-refractivity contribution < 1.29 is 9.47 Å². The number of methoxy groups -OCH3 is 2. The molecular weight excluding hydrogens is 336 g/mol. The van der Waals surface area contributed by atoms with Crippen molar-refractivity contribution in [2.45, 2.75) is 24.6 Å². The lowest BCUT2D eigenvalue weighted by Crippen LogP contribution is -1.96. The van der Waals surface area contributed by atoms with E-state index in [-0.39, 0.29) is 0 Å². The quantitative estimate of drug-likeness (QED) is 0.715. The third-order valence-electron chi connectivity index (χ3n) is 2.38. The van der Waals surface area contributed by atoms with Crippen molar-refractivity contribution in [2.24, 2.45) is 0 Å². The summed E-state index contributed by atoms with van der Waals surface area (Å²) >= 11 is 7.24. The molecule has 1 aromatic carbocycles. The molecule has 0 fully saturated rings. The van der Waals surface area contributed by atoms with Gasteiger partial charge < -0.3 is 9.47 Å². The molecular formula is C12H16Br2O2. The molecule has 1 unspecified atom stereocenters. The van der Waals surface area contributed by atoms with Gasteiger partial charge in [-0.05, 0) is 24.1 Å². The summed E-state index contributed by atoms with van der Waals surface area (Å²) in [5, 5.41) is 0. The Kier molecular flexibility index (Phi) is 5.62. The molecule has 0 saturated heterocycles. The Morgan fingerprint density at radius 2 is 1.75 bits per heavy atom. The first-order valence-electron chi connectivity index (χ1n) is 5.19. The first kappa shape index (κ1) is 13.8. The summed E-state index contributed by atoms with van der Waals surface area (Å²) in [5.74, 6) is 1.51. The molecule has 0 heterocycles. The minimum absolute atomic E-state index is 0.340. The molecule has 0 N–H and O–H groups in total. The highest BCUT2D eigenvalue weighted by Crippen LogP contribution is 2.40. The topological polar surface area (TPSA) is 18.5 Å². The summed E-state index contributed by atoms with van der Waals surface area (Å²) in [4.78, 5) is 0.340. The van der Waals surface area contributed by atoms with Crippen LogP contribution in [0.5, 0.6) is 11.5 Å². The van der Waals surface area contributed by atoms with Crippen LogP contribution in [0.4, 0.5) is 0 Å². The van der Waals surface area contributed by atoms with Crippen LogP contribution < -0.4 is 9.47 Å². The highest BCUT2D eigenvalue weighted by molar-refractivity contribution is 9.11. The number of halogens is 2. The second-order valence-corrected chi connectivity index (χ2v) is 5.44. The van der Waals surface area contributed by atoms with Crippen molar-refractivity contribution in [3.8, 4) is 11.5 Å². The molecule has 0 bridgehead atoms. The maximum absolute atomic E-state index is 5.29. The Hall–Kier alpha value is -0.220. The van der Waals surface area contributed by atoms with Crippen molar-refractivity contribution in [1.82, 2.24) is 0 Å². The van der Waals surface area contributed by atoms with Gasteiger partial charge in [0.05, 0.1) is 14.2 Å². The Labute approximate surface area is 114 Å². The van der Waals surface area contributed by atoms with Crippen LogP contribution in [-0.4, -0.2) is 14.2 Å². The second kappa shape index (κ2) is 6.50. The zero-order chi connectivity index (χ0) is 12.1. The smallest absolute Gasteiger partial charge is 0.161 e. The summed E-state index contributed by atoms with van der Waals surface area (Å²) < 4.78 is 11.6. The zero-order valence-electron chi connectivity index (χ0n) is 9.72. The fourth-order valence-corrected chi connectivity index (χ4v) is 3.26. The summed E-state index contributed by atoms with van der Waals surface area (Å²) in [6.45, 7) is 2.17. The van der Waals surface area contributed by atoms with Gasteiger partial charge in [0.2, 0.25) is 0 Å². The first-order chi connectivity index (χ1) is 7.63. The average molecular weight is 352 g/mol. The predicted molar refractivity (Wildman–Crippen MR) is 73.8 cm³/mol. The highest BCUT2D eigenvalue weighted by Gasteiger charge is 2.15. The predicted octanol–water partition coefficient (Wildman–Crippen LogP) is 4.70. The van der Waals surface area contributed by atoms with Gasteiger partial charge in [-0.3, -0.25) is 0 Å². The monoisotopic (exact) mass is 350 g/mol. The van der Waals surface area contributed by atoms with Crippen molar-refractivity contribution >= 4 is 31.9 Å². The zero-order valence-corrected chi connectivity index (χ0v) is 12.9. The molecule has 0 aliphatic rings. The van der Waals surface area contributed by atoms with E-state index in [0.29, 0.717) is 4.83 Å². The molecule has 0 spiro atoms. The van der Waals surface area contributed by atoms with Gasteiger partial charge in [0.15, 0.2) is 11.5 Å². The summed E-state index contributed by atoms with van der Waals surface area (Å²) in [6, 6.07) is 3.95. The van der Waals surface area contributed by atoms with Gasteiger partial charge in [-0.2, -0.15) is 0 Å². The molecule has 4 heteroatoms. The average Bonchev–Trinajstić information content (AvgIpc) is 2.28. The van der Waals surface area contributed by atoms with E-state index in [1.54, 1.807) is 14.2 Å². The minimum Gasteiger partial charge on any atom is -0.493 e. The molecule has 0 saturated carbocycles. The number of hydrogen-bond donors (Lipinski definition) is 0. The molecule has 90 valence electrons. The van der Waals surface area contributed by atoms with Gasteiger partial charge in [-0.1, -0.05) is 45.2 Å². The molecule has 0 aromatic heterocycles. The van der Waals surface area contributed by atoms with Gasteiger partial charge >= 0.3 is 0 Å². The lowest BCUT2D eigenvalue weighted by molar-refractivity contribution is 0.354. The Balaban J connectivity index is 3.10. The lowest BCUT2D eigenvalue weighted by Gasteiger charge is -2.15. The van der Waals surface area contributed by atoms with E-state index >= 15 is 0 Å². The van der Waals surface area contributed by atoms with E-state index in [2.05, 4.69) is 38.8 Å². The first-order valence-corrected chi connectivity index (χ1v) is 6.90. The van der Waals surface area contributed by atoms with Crippen LogP contribution in [0.1, 0.15) is 30.2 Å². The van der Waals surface area contributed by atoms with Crippen LogP contribution in [0.25, 0.3) is 0 Å². The standard InChI is InChI=1S/C12H16Br2O2/c1-4-5-9(13)8-6-11(15-2)12(16-3)7-10(8)14/h6-7,9H,4-5H2,1-3H3. The molecule has 0 amide bonds. The number of ether oxygens (including phenoxy) is 2. The lowest BCUT2D eigenvalue weighted by atomic mass is 10.1. The second-order valence-electron chi connectivity index (χ2n) is 3.48. The third-order valence-corrected chi connectivity index (χ3v) is 4.02. The number of hydrogen-bond acceptors (Lipinski definition) is 2. The Morgan fingerprint density at radius 1 is 1.19 bits per heavy atom. The Morgan fingerprint density at radius 3 is 2.25 bits per heavy atom. The maximum atomic E-state index is 5.29. The van der Waals surface area contributed by atoms with Crippen LogP contribution in [0.3, 0.4) is 0 Å². The van der Waals surface area contributed by atoms with Crippen LogP contribution in [0.15, 0.2) is 16.6 Å². The van der Waals surface area contributed by atoms with Crippen LogP contribution in [-0.2, 0) is 0 Å². The van der Waals surface area contributed by atoms with Gasteiger partial charge in [-0.25, -0.2) is 0 Å². The fraction of sp³-hybridized carbons (Fsp3) is 0.500. The van der Waals surface area contributed by atoms with E-state index in [1.165, 1.54) is 5.56 Å². The van der Waals surface area contributed by atoms with E-state index < -0.39 is 0 Å². The normalized spacial score (nSPS) is 12.3. The SMILES string of the molecule is CCCC(Br)c1cc(OC)c(OC)cc1Br. The number of rotatable bonds is 5. The van der Waals surface area contributed by atoms with E-state index in [0.717, 1.165) is 28.8 Å². The largest absolute Gasteiger partial charge is 0.493 e. The fourth-order valence-electron chi connectivity index (χ4n) is 1.52. The van der Waals surface area contributed by atoms with Gasteiger partial charge in [0.1, 0.15) is 0 Å². The van der Waals surface area contributed by atoms with E-state index in [9.17, 15) is 0 Å². The van der Waals surface area contributed by atoms with Gasteiger partial charge in [0.25, 0.3) is 0 Å². The minimum atomic E-state index is 0.340.